The van der Waals surface area contributed by atoms with E-state index < -0.39 is 0 Å². The molecular formula is C17H20N6O. The first-order chi connectivity index (χ1) is 11.9. The topological polar surface area (TPSA) is 76.7 Å². The number of hydrazone groups is 1. The van der Waals surface area contributed by atoms with E-state index in [-0.39, 0.29) is 0 Å². The predicted molar refractivity (Wildman–Crippen MR) is 93.5 cm³/mol. The summed E-state index contributed by atoms with van der Waals surface area (Å²) < 4.78 is 7.42. The van der Waals surface area contributed by atoms with Gasteiger partial charge in [-0.3, -0.25) is 5.43 Å². The molecule has 7 heteroatoms. The van der Waals surface area contributed by atoms with Crippen LogP contribution in [0.2, 0.25) is 0 Å². The zero-order valence-electron chi connectivity index (χ0n) is 13.6. The maximum Gasteiger partial charge on any atom is 0.177 e. The molecule has 7 nitrogen and oxygen atoms in total. The lowest BCUT2D eigenvalue weighted by Crippen LogP contribution is -2.01. The highest BCUT2D eigenvalue weighted by Crippen LogP contribution is 2.16. The fourth-order valence-corrected chi connectivity index (χ4v) is 2.21. The van der Waals surface area contributed by atoms with Crippen LogP contribution in [0.4, 0.5) is 5.82 Å². The fraction of sp³-hybridized carbons (Fsp3) is 0.294. The van der Waals surface area contributed by atoms with Crippen molar-refractivity contribution < 1.29 is 4.74 Å². The molecule has 1 aromatic carbocycles. The standard InChI is InChI=1S/C17H20N6O/c1-2-3-6-11-24-15-8-5-4-7-14(15)12-18-20-16-9-10-17-21-19-13-23(17)22-16/h4-5,7-10,12-13H,2-3,6,11H2,1H3,(H,20,22). The van der Waals surface area contributed by atoms with Crippen LogP contribution < -0.4 is 10.2 Å². The normalized spacial score (nSPS) is 11.2. The molecule has 3 rings (SSSR count). The van der Waals surface area contributed by atoms with Crippen molar-refractivity contribution in [3.8, 4) is 5.75 Å². The first-order valence-corrected chi connectivity index (χ1v) is 8.05. The highest BCUT2D eigenvalue weighted by molar-refractivity contribution is 5.83. The van der Waals surface area contributed by atoms with Crippen LogP contribution in [0.15, 0.2) is 47.8 Å². The van der Waals surface area contributed by atoms with E-state index in [0.717, 1.165) is 24.3 Å². The van der Waals surface area contributed by atoms with E-state index in [0.29, 0.717) is 11.5 Å². The Morgan fingerprint density at radius 3 is 3.04 bits per heavy atom. The number of hydrogen-bond acceptors (Lipinski definition) is 6. The minimum Gasteiger partial charge on any atom is -0.493 e. The number of ether oxygens (including phenoxy) is 1. The summed E-state index contributed by atoms with van der Waals surface area (Å²) in [5.74, 6) is 1.45. The fourth-order valence-electron chi connectivity index (χ4n) is 2.21. The van der Waals surface area contributed by atoms with Crippen molar-refractivity contribution >= 4 is 17.7 Å². The second kappa shape index (κ2) is 8.05. The summed E-state index contributed by atoms with van der Waals surface area (Å²) in [5, 5.41) is 16.2. The molecule has 0 radical (unpaired) electrons. The van der Waals surface area contributed by atoms with E-state index in [1.807, 2.05) is 30.3 Å². The van der Waals surface area contributed by atoms with Crippen molar-refractivity contribution in [3.63, 3.8) is 0 Å². The Hall–Kier alpha value is -2.96. The Labute approximate surface area is 140 Å². The number of aromatic nitrogens is 4. The summed E-state index contributed by atoms with van der Waals surface area (Å²) in [6, 6.07) is 11.5. The molecule has 0 aliphatic heterocycles. The monoisotopic (exact) mass is 324 g/mol. The van der Waals surface area contributed by atoms with Crippen LogP contribution in [0.3, 0.4) is 0 Å². The lowest BCUT2D eigenvalue weighted by Gasteiger charge is -2.08. The van der Waals surface area contributed by atoms with E-state index in [9.17, 15) is 0 Å². The number of benzene rings is 1. The molecule has 0 fully saturated rings. The summed E-state index contributed by atoms with van der Waals surface area (Å²) in [6.45, 7) is 2.90. The molecule has 124 valence electrons. The number of nitrogens with zero attached hydrogens (tertiary/aromatic N) is 5. The van der Waals surface area contributed by atoms with E-state index in [1.165, 1.54) is 12.8 Å². The van der Waals surface area contributed by atoms with Crippen LogP contribution in [0, 0.1) is 0 Å². The van der Waals surface area contributed by atoms with Gasteiger partial charge in [0.2, 0.25) is 0 Å². The van der Waals surface area contributed by atoms with Gasteiger partial charge >= 0.3 is 0 Å². The molecule has 0 aliphatic carbocycles. The van der Waals surface area contributed by atoms with Crippen LogP contribution in [-0.4, -0.2) is 32.6 Å². The molecule has 0 atom stereocenters. The number of unbranched alkanes of at least 4 members (excludes halogenated alkanes) is 2. The molecule has 0 saturated carbocycles. The number of hydrogen-bond donors (Lipinski definition) is 1. The Morgan fingerprint density at radius 2 is 2.12 bits per heavy atom. The predicted octanol–water partition coefficient (Wildman–Crippen LogP) is 3.14. The Bertz CT molecular complexity index is 813. The first kappa shape index (κ1) is 15.9. The first-order valence-electron chi connectivity index (χ1n) is 8.05. The SMILES string of the molecule is CCCCCOc1ccccc1C=NNc1ccc2nncn2n1. The van der Waals surface area contributed by atoms with Crippen molar-refractivity contribution in [1.29, 1.82) is 0 Å². The summed E-state index contributed by atoms with van der Waals surface area (Å²) in [7, 11) is 0. The summed E-state index contributed by atoms with van der Waals surface area (Å²) in [4.78, 5) is 0. The molecule has 2 heterocycles. The second-order valence-corrected chi connectivity index (χ2v) is 5.32. The molecule has 1 N–H and O–H groups in total. The Kier molecular flexibility index (Phi) is 5.34. The van der Waals surface area contributed by atoms with Gasteiger partial charge < -0.3 is 4.74 Å². The molecule has 0 spiro atoms. The maximum atomic E-state index is 5.83. The van der Waals surface area contributed by atoms with E-state index >= 15 is 0 Å². The van der Waals surface area contributed by atoms with Crippen molar-refractivity contribution in [2.45, 2.75) is 26.2 Å². The quantitative estimate of drug-likeness (QED) is 0.391. The average Bonchev–Trinajstić information content (AvgIpc) is 3.08. The van der Waals surface area contributed by atoms with Gasteiger partial charge in [-0.2, -0.15) is 9.62 Å². The van der Waals surface area contributed by atoms with Gasteiger partial charge in [0.05, 0.1) is 12.8 Å². The van der Waals surface area contributed by atoms with Gasteiger partial charge in [-0.25, -0.2) is 0 Å². The molecule has 0 bridgehead atoms. The van der Waals surface area contributed by atoms with Gasteiger partial charge in [0, 0.05) is 5.56 Å². The molecule has 24 heavy (non-hydrogen) atoms. The lowest BCUT2D eigenvalue weighted by molar-refractivity contribution is 0.306. The van der Waals surface area contributed by atoms with Gasteiger partial charge in [0.25, 0.3) is 0 Å². The van der Waals surface area contributed by atoms with Crippen LogP contribution in [0.1, 0.15) is 31.7 Å². The third-order valence-corrected chi connectivity index (χ3v) is 3.47. The Morgan fingerprint density at radius 1 is 1.21 bits per heavy atom. The molecule has 0 aliphatic rings. The van der Waals surface area contributed by atoms with Crippen LogP contribution in [-0.2, 0) is 0 Å². The number of fused-ring (bicyclic) bond motifs is 1. The van der Waals surface area contributed by atoms with Crippen LogP contribution in [0.5, 0.6) is 5.75 Å². The van der Waals surface area contributed by atoms with Crippen LogP contribution in [0.25, 0.3) is 5.65 Å². The second-order valence-electron chi connectivity index (χ2n) is 5.32. The van der Waals surface area contributed by atoms with Gasteiger partial charge in [0.15, 0.2) is 11.5 Å². The van der Waals surface area contributed by atoms with Crippen molar-refractivity contribution in [2.24, 2.45) is 5.10 Å². The number of para-hydroxylation sites is 1. The zero-order valence-corrected chi connectivity index (χ0v) is 13.6. The van der Waals surface area contributed by atoms with Gasteiger partial charge in [-0.1, -0.05) is 31.9 Å². The van der Waals surface area contributed by atoms with Crippen LogP contribution >= 0.6 is 0 Å². The van der Waals surface area contributed by atoms with E-state index in [4.69, 9.17) is 4.74 Å². The lowest BCUT2D eigenvalue weighted by atomic mass is 10.2. The van der Waals surface area contributed by atoms with E-state index in [1.54, 1.807) is 23.1 Å². The summed E-state index contributed by atoms with van der Waals surface area (Å²) >= 11 is 0. The average molecular weight is 324 g/mol. The molecular weight excluding hydrogens is 304 g/mol. The summed E-state index contributed by atoms with van der Waals surface area (Å²) in [6.07, 6.45) is 6.69. The van der Waals surface area contributed by atoms with Gasteiger partial charge in [-0.15, -0.1) is 15.3 Å². The Balaban J connectivity index is 1.63. The maximum absolute atomic E-state index is 5.83. The molecule has 0 unspecified atom stereocenters. The smallest absolute Gasteiger partial charge is 0.177 e. The molecule has 0 amide bonds. The van der Waals surface area contributed by atoms with Crippen molar-refractivity contribution in [2.75, 3.05) is 12.0 Å². The minimum atomic E-state index is 0.611. The van der Waals surface area contributed by atoms with Crippen molar-refractivity contribution in [1.82, 2.24) is 19.8 Å². The number of rotatable bonds is 8. The summed E-state index contributed by atoms with van der Waals surface area (Å²) in [5.41, 5.74) is 4.52. The zero-order chi connectivity index (χ0) is 16.6. The molecule has 0 saturated heterocycles. The van der Waals surface area contributed by atoms with Crippen molar-refractivity contribution in [3.05, 3.63) is 48.3 Å². The third-order valence-electron chi connectivity index (χ3n) is 3.47. The number of nitrogens with one attached hydrogen (secondary N) is 1. The highest BCUT2D eigenvalue weighted by Gasteiger charge is 2.01. The largest absolute Gasteiger partial charge is 0.493 e. The van der Waals surface area contributed by atoms with Gasteiger partial charge in [-0.05, 0) is 30.7 Å². The molecule has 3 aromatic rings. The molecule has 2 aromatic heterocycles. The van der Waals surface area contributed by atoms with E-state index in [2.05, 4.69) is 32.7 Å². The van der Waals surface area contributed by atoms with Gasteiger partial charge in [0.1, 0.15) is 12.1 Å². The third kappa shape index (κ3) is 4.07. The highest BCUT2D eigenvalue weighted by atomic mass is 16.5. The number of anilines is 1. The minimum absolute atomic E-state index is 0.611.